The number of esters is 1. The Morgan fingerprint density at radius 3 is 2.25 bits per heavy atom. The van der Waals surface area contributed by atoms with Crippen molar-refractivity contribution in [3.63, 3.8) is 0 Å². The van der Waals surface area contributed by atoms with E-state index in [4.69, 9.17) is 18.4 Å². The van der Waals surface area contributed by atoms with Crippen LogP contribution in [0.3, 0.4) is 0 Å². The van der Waals surface area contributed by atoms with E-state index in [1.807, 2.05) is 6.07 Å². The molecule has 0 aliphatic carbocycles. The van der Waals surface area contributed by atoms with Crippen LogP contribution in [0.4, 0.5) is 0 Å². The molecule has 1 aliphatic rings. The van der Waals surface area contributed by atoms with E-state index >= 15 is 0 Å². The predicted molar refractivity (Wildman–Crippen MR) is 101 cm³/mol. The fourth-order valence-corrected chi connectivity index (χ4v) is 3.74. The van der Waals surface area contributed by atoms with Crippen LogP contribution in [0.15, 0.2) is 60.7 Å². The molecule has 4 atom stereocenters. The lowest BCUT2D eigenvalue weighted by Crippen LogP contribution is -2.35. The Morgan fingerprint density at radius 2 is 1.68 bits per heavy atom. The molecule has 0 aromatic heterocycles. The number of rotatable bonds is 7. The summed E-state index contributed by atoms with van der Waals surface area (Å²) in [4.78, 5) is 12.7. The summed E-state index contributed by atoms with van der Waals surface area (Å²) in [6, 6.07) is 17.5. The number of hydrogen-bond donors (Lipinski definition) is 0. The molecular formula is C20H22O7S. The molecule has 0 radical (unpaired) electrons. The molecule has 8 heteroatoms. The molecule has 0 bridgehead atoms. The average molecular weight is 406 g/mol. The smallest absolute Gasteiger partial charge is 0.338 e. The fraction of sp³-hybridized carbons (Fsp3) is 0.350. The van der Waals surface area contributed by atoms with Gasteiger partial charge in [0.2, 0.25) is 0 Å². The van der Waals surface area contributed by atoms with Crippen LogP contribution in [0.5, 0.6) is 0 Å². The van der Waals surface area contributed by atoms with Crippen LogP contribution in [-0.2, 0) is 28.5 Å². The van der Waals surface area contributed by atoms with Crippen LogP contribution in [0.25, 0.3) is 0 Å². The third kappa shape index (κ3) is 5.17. The molecule has 1 heterocycles. The van der Waals surface area contributed by atoms with Gasteiger partial charge in [-0.05, 0) is 17.7 Å². The number of benzene rings is 2. The van der Waals surface area contributed by atoms with E-state index in [0.717, 1.165) is 6.26 Å². The second kappa shape index (κ2) is 8.83. The minimum absolute atomic E-state index is 0.195. The zero-order valence-electron chi connectivity index (χ0n) is 15.6. The summed E-state index contributed by atoms with van der Waals surface area (Å²) < 4.78 is 45.4. The first-order valence-corrected chi connectivity index (χ1v) is 10.6. The maximum atomic E-state index is 12.7. The van der Waals surface area contributed by atoms with Gasteiger partial charge in [-0.25, -0.2) is 4.79 Å². The summed E-state index contributed by atoms with van der Waals surface area (Å²) in [6.45, 7) is 0. The van der Waals surface area contributed by atoms with Gasteiger partial charge in [0.25, 0.3) is 10.1 Å². The molecule has 28 heavy (non-hydrogen) atoms. The lowest BCUT2D eigenvalue weighted by molar-refractivity contribution is -0.146. The first-order valence-electron chi connectivity index (χ1n) is 8.75. The van der Waals surface area contributed by atoms with E-state index in [0.29, 0.717) is 11.1 Å². The Labute approximate surface area is 164 Å². The third-order valence-electron chi connectivity index (χ3n) is 4.33. The van der Waals surface area contributed by atoms with E-state index < -0.39 is 40.7 Å². The first-order chi connectivity index (χ1) is 13.4. The molecule has 7 nitrogen and oxygen atoms in total. The van der Waals surface area contributed by atoms with Gasteiger partial charge in [-0.2, -0.15) is 8.42 Å². The largest absolute Gasteiger partial charge is 0.451 e. The Kier molecular flexibility index (Phi) is 6.46. The highest BCUT2D eigenvalue weighted by atomic mass is 32.2. The van der Waals surface area contributed by atoms with Gasteiger partial charge in [0.15, 0.2) is 12.4 Å². The number of hydrogen-bond acceptors (Lipinski definition) is 7. The van der Waals surface area contributed by atoms with Crippen LogP contribution in [0, 0.1) is 0 Å². The van der Waals surface area contributed by atoms with Crippen molar-refractivity contribution in [3.8, 4) is 0 Å². The van der Waals surface area contributed by atoms with E-state index in [2.05, 4.69) is 0 Å². The van der Waals surface area contributed by atoms with Crippen molar-refractivity contribution >= 4 is 16.1 Å². The van der Waals surface area contributed by atoms with Gasteiger partial charge in [-0.3, -0.25) is 4.18 Å². The molecule has 0 spiro atoms. The van der Waals surface area contributed by atoms with Gasteiger partial charge >= 0.3 is 5.97 Å². The predicted octanol–water partition coefficient (Wildman–Crippen LogP) is 2.69. The monoisotopic (exact) mass is 406 g/mol. The minimum atomic E-state index is -3.74. The summed E-state index contributed by atoms with van der Waals surface area (Å²) in [5.41, 5.74) is 1.04. The van der Waals surface area contributed by atoms with Crippen molar-refractivity contribution in [2.24, 2.45) is 0 Å². The van der Waals surface area contributed by atoms with Gasteiger partial charge in [0.1, 0.15) is 12.2 Å². The number of ether oxygens (including phenoxy) is 3. The van der Waals surface area contributed by atoms with Crippen LogP contribution in [0.1, 0.15) is 28.4 Å². The molecule has 1 unspecified atom stereocenters. The quantitative estimate of drug-likeness (QED) is 0.516. The Hall–Kier alpha value is -2.26. The second-order valence-corrected chi connectivity index (χ2v) is 8.04. The van der Waals surface area contributed by atoms with Crippen molar-refractivity contribution in [2.45, 2.75) is 31.0 Å². The average Bonchev–Trinajstić information content (AvgIpc) is 3.08. The zero-order valence-corrected chi connectivity index (χ0v) is 16.4. The van der Waals surface area contributed by atoms with Gasteiger partial charge in [-0.15, -0.1) is 0 Å². The SMILES string of the molecule is COC1C[C@@H](OS(C)(=O)=O)[C@@H]([C@H](OC(=O)c2ccccc2)c2ccccc2)O1. The van der Waals surface area contributed by atoms with Crippen molar-refractivity contribution in [3.05, 3.63) is 71.8 Å². The normalized spacial score (nSPS) is 23.3. The molecule has 0 amide bonds. The van der Waals surface area contributed by atoms with Crippen molar-refractivity contribution in [2.75, 3.05) is 13.4 Å². The van der Waals surface area contributed by atoms with E-state index in [1.54, 1.807) is 54.6 Å². The highest BCUT2D eigenvalue weighted by Crippen LogP contribution is 2.36. The van der Waals surface area contributed by atoms with Gasteiger partial charge < -0.3 is 14.2 Å². The Morgan fingerprint density at radius 1 is 1.07 bits per heavy atom. The molecule has 1 fully saturated rings. The van der Waals surface area contributed by atoms with Gasteiger partial charge in [0, 0.05) is 13.5 Å². The van der Waals surface area contributed by atoms with Crippen molar-refractivity contribution in [1.82, 2.24) is 0 Å². The van der Waals surface area contributed by atoms with Crippen LogP contribution < -0.4 is 0 Å². The van der Waals surface area contributed by atoms with Crippen LogP contribution >= 0.6 is 0 Å². The molecule has 0 saturated carbocycles. The zero-order chi connectivity index (χ0) is 20.1. The standard InChI is InChI=1S/C20H22O7S/c1-24-17-13-16(27-28(2,22)23)19(25-17)18(14-9-5-3-6-10-14)26-20(21)15-11-7-4-8-12-15/h3-12,16-19H,13H2,1-2H3/t16-,17?,18-,19+/m1/s1. The lowest BCUT2D eigenvalue weighted by atomic mass is 10.00. The maximum Gasteiger partial charge on any atom is 0.338 e. The van der Waals surface area contributed by atoms with Crippen LogP contribution in [0.2, 0.25) is 0 Å². The summed E-state index contributed by atoms with van der Waals surface area (Å²) in [5, 5.41) is 0. The lowest BCUT2D eigenvalue weighted by Gasteiger charge is -2.27. The molecular weight excluding hydrogens is 384 g/mol. The Balaban J connectivity index is 1.92. The number of carbonyl (C=O) groups excluding carboxylic acids is 1. The summed E-state index contributed by atoms with van der Waals surface area (Å²) in [7, 11) is -2.29. The van der Waals surface area contributed by atoms with E-state index in [1.165, 1.54) is 7.11 Å². The third-order valence-corrected chi connectivity index (χ3v) is 4.93. The molecule has 3 rings (SSSR count). The van der Waals surface area contributed by atoms with Crippen LogP contribution in [-0.4, -0.2) is 46.3 Å². The molecule has 0 N–H and O–H groups in total. The fourth-order valence-electron chi connectivity index (χ4n) is 3.10. The molecule has 2 aromatic carbocycles. The highest BCUT2D eigenvalue weighted by molar-refractivity contribution is 7.86. The topological polar surface area (TPSA) is 88.1 Å². The highest BCUT2D eigenvalue weighted by Gasteiger charge is 2.45. The maximum absolute atomic E-state index is 12.7. The first kappa shape index (κ1) is 20.5. The molecule has 1 aliphatic heterocycles. The summed E-state index contributed by atoms with van der Waals surface area (Å²) >= 11 is 0. The van der Waals surface area contributed by atoms with Crippen molar-refractivity contribution in [1.29, 1.82) is 0 Å². The second-order valence-electron chi connectivity index (χ2n) is 6.44. The van der Waals surface area contributed by atoms with Gasteiger partial charge in [-0.1, -0.05) is 48.5 Å². The Bertz CT molecular complexity index is 883. The molecule has 1 saturated heterocycles. The molecule has 150 valence electrons. The van der Waals surface area contributed by atoms with E-state index in [9.17, 15) is 13.2 Å². The van der Waals surface area contributed by atoms with E-state index in [-0.39, 0.29) is 6.42 Å². The minimum Gasteiger partial charge on any atom is -0.451 e. The van der Waals surface area contributed by atoms with Crippen molar-refractivity contribution < 1.29 is 31.6 Å². The number of methoxy groups -OCH3 is 1. The summed E-state index contributed by atoms with van der Waals surface area (Å²) in [5.74, 6) is -0.544. The summed E-state index contributed by atoms with van der Waals surface area (Å²) in [6.07, 6.45) is -2.08. The molecule has 2 aromatic rings. The number of carbonyl (C=O) groups is 1. The van der Waals surface area contributed by atoms with Gasteiger partial charge in [0.05, 0.1) is 11.8 Å².